The van der Waals surface area contributed by atoms with Crippen molar-refractivity contribution >= 4 is 11.9 Å². The maximum Gasteiger partial charge on any atom is 0.271 e. The molecule has 2 heterocycles. The van der Waals surface area contributed by atoms with Gasteiger partial charge in [-0.05, 0) is 61.7 Å². The highest BCUT2D eigenvalue weighted by Crippen LogP contribution is 2.23. The zero-order chi connectivity index (χ0) is 19.6. The van der Waals surface area contributed by atoms with Crippen molar-refractivity contribution in [2.45, 2.75) is 27.3 Å². The van der Waals surface area contributed by atoms with Crippen LogP contribution in [0, 0.1) is 32.1 Å². The molecular formula is C21H19N3O3. The van der Waals surface area contributed by atoms with Gasteiger partial charge in [0.25, 0.3) is 5.56 Å². The summed E-state index contributed by atoms with van der Waals surface area (Å²) in [7, 11) is 0. The molecule has 1 N–H and O–H groups in total. The normalized spacial score (nSPS) is 11.0. The molecular weight excluding hydrogens is 342 g/mol. The molecule has 0 unspecified atom stereocenters. The molecule has 0 atom stereocenters. The van der Waals surface area contributed by atoms with Gasteiger partial charge in [-0.15, -0.1) is 0 Å². The molecule has 0 saturated carbocycles. The number of aryl methyl sites for hydroxylation is 2. The highest BCUT2D eigenvalue weighted by molar-refractivity contribution is 5.87. The van der Waals surface area contributed by atoms with Crippen molar-refractivity contribution in [3.05, 3.63) is 80.5 Å². The SMILES string of the molecule is Cc1ccc(N=Cc2c(C)c(C#N)c(=O)n(Cc3ccco3)c2O)cc1C. The minimum absolute atomic E-state index is 0.0249. The Kier molecular flexibility index (Phi) is 4.95. The third-order valence-electron chi connectivity index (χ3n) is 4.57. The maximum atomic E-state index is 12.6. The third-order valence-corrected chi connectivity index (χ3v) is 4.57. The molecule has 1 aromatic carbocycles. The summed E-state index contributed by atoms with van der Waals surface area (Å²) in [5.41, 5.74) is 3.12. The topological polar surface area (TPSA) is 91.5 Å². The Morgan fingerprint density at radius 2 is 2.04 bits per heavy atom. The summed E-state index contributed by atoms with van der Waals surface area (Å²) in [6, 6.07) is 11.1. The summed E-state index contributed by atoms with van der Waals surface area (Å²) in [5, 5.41) is 20.1. The standard InChI is InChI=1S/C21H19N3O3/c1-13-6-7-16(9-14(13)2)23-11-19-15(3)18(10-22)20(25)24(21(19)26)12-17-5-4-8-27-17/h4-9,11,26H,12H2,1-3H3. The van der Waals surface area contributed by atoms with Crippen LogP contribution in [0.1, 0.15) is 33.6 Å². The molecule has 0 spiro atoms. The number of aromatic hydroxyl groups is 1. The summed E-state index contributed by atoms with van der Waals surface area (Å²) < 4.78 is 6.37. The van der Waals surface area contributed by atoms with Crippen LogP contribution >= 0.6 is 0 Å². The lowest BCUT2D eigenvalue weighted by molar-refractivity contribution is 0.397. The summed E-state index contributed by atoms with van der Waals surface area (Å²) in [4.78, 5) is 17.0. The molecule has 0 aliphatic heterocycles. The molecule has 136 valence electrons. The number of rotatable bonds is 4. The van der Waals surface area contributed by atoms with Crippen molar-refractivity contribution in [3.8, 4) is 11.9 Å². The molecule has 0 radical (unpaired) electrons. The molecule has 6 heteroatoms. The van der Waals surface area contributed by atoms with E-state index < -0.39 is 5.56 Å². The van der Waals surface area contributed by atoms with Crippen molar-refractivity contribution in [1.82, 2.24) is 4.57 Å². The second-order valence-electron chi connectivity index (χ2n) is 6.35. The van der Waals surface area contributed by atoms with E-state index in [1.165, 1.54) is 12.5 Å². The maximum absolute atomic E-state index is 12.6. The van der Waals surface area contributed by atoms with Crippen LogP contribution in [0.3, 0.4) is 0 Å². The molecule has 0 amide bonds. The van der Waals surface area contributed by atoms with Crippen LogP contribution in [0.5, 0.6) is 5.88 Å². The van der Waals surface area contributed by atoms with Gasteiger partial charge in [0.15, 0.2) is 0 Å². The van der Waals surface area contributed by atoms with E-state index in [-0.39, 0.29) is 18.0 Å². The van der Waals surface area contributed by atoms with Crippen LogP contribution in [0.15, 0.2) is 50.8 Å². The monoisotopic (exact) mass is 361 g/mol. The lowest BCUT2D eigenvalue weighted by Crippen LogP contribution is -2.25. The van der Waals surface area contributed by atoms with Crippen molar-refractivity contribution in [1.29, 1.82) is 5.26 Å². The van der Waals surface area contributed by atoms with Gasteiger partial charge >= 0.3 is 0 Å². The van der Waals surface area contributed by atoms with Gasteiger partial charge in [-0.25, -0.2) is 0 Å². The van der Waals surface area contributed by atoms with Crippen LogP contribution < -0.4 is 5.56 Å². The second-order valence-corrected chi connectivity index (χ2v) is 6.35. The van der Waals surface area contributed by atoms with E-state index in [0.717, 1.165) is 21.4 Å². The van der Waals surface area contributed by atoms with Crippen molar-refractivity contribution in [2.24, 2.45) is 4.99 Å². The zero-order valence-corrected chi connectivity index (χ0v) is 15.4. The fourth-order valence-corrected chi connectivity index (χ4v) is 2.78. The lowest BCUT2D eigenvalue weighted by Gasteiger charge is -2.13. The predicted octanol–water partition coefficient (Wildman–Crippen LogP) is 3.74. The summed E-state index contributed by atoms with van der Waals surface area (Å²) in [6.07, 6.45) is 2.96. The minimum Gasteiger partial charge on any atom is -0.494 e. The Labute approximate surface area is 156 Å². The summed E-state index contributed by atoms with van der Waals surface area (Å²) in [6.45, 7) is 5.66. The molecule has 0 fully saturated rings. The average Bonchev–Trinajstić information content (AvgIpc) is 3.15. The van der Waals surface area contributed by atoms with Gasteiger partial charge in [0.05, 0.1) is 24.1 Å². The number of nitrogens with zero attached hydrogens (tertiary/aromatic N) is 3. The largest absolute Gasteiger partial charge is 0.494 e. The Morgan fingerprint density at radius 1 is 1.26 bits per heavy atom. The first kappa shape index (κ1) is 18.2. The molecule has 3 rings (SSSR count). The molecule has 27 heavy (non-hydrogen) atoms. The van der Waals surface area contributed by atoms with Gasteiger partial charge in [-0.1, -0.05) is 6.07 Å². The number of hydrogen-bond donors (Lipinski definition) is 1. The number of benzene rings is 1. The number of aromatic nitrogens is 1. The van der Waals surface area contributed by atoms with E-state index in [1.807, 2.05) is 38.1 Å². The van der Waals surface area contributed by atoms with Crippen LogP contribution in [0.2, 0.25) is 0 Å². The molecule has 0 aliphatic rings. The Morgan fingerprint density at radius 3 is 2.67 bits per heavy atom. The minimum atomic E-state index is -0.563. The molecule has 0 aliphatic carbocycles. The summed E-state index contributed by atoms with van der Waals surface area (Å²) >= 11 is 0. The fraction of sp³-hybridized carbons (Fsp3) is 0.190. The zero-order valence-electron chi connectivity index (χ0n) is 15.4. The van der Waals surface area contributed by atoms with Crippen LogP contribution in [0.25, 0.3) is 0 Å². The van der Waals surface area contributed by atoms with Crippen molar-refractivity contribution in [3.63, 3.8) is 0 Å². The number of aliphatic imine (C=N–C) groups is 1. The molecule has 0 bridgehead atoms. The van der Waals surface area contributed by atoms with E-state index in [0.29, 0.717) is 16.9 Å². The highest BCUT2D eigenvalue weighted by atomic mass is 16.3. The van der Waals surface area contributed by atoms with E-state index >= 15 is 0 Å². The van der Waals surface area contributed by atoms with E-state index in [9.17, 15) is 15.2 Å². The first-order valence-electron chi connectivity index (χ1n) is 8.42. The van der Waals surface area contributed by atoms with Gasteiger partial charge in [-0.2, -0.15) is 5.26 Å². The van der Waals surface area contributed by atoms with Crippen LogP contribution in [-0.2, 0) is 6.54 Å². The van der Waals surface area contributed by atoms with Crippen molar-refractivity contribution < 1.29 is 9.52 Å². The lowest BCUT2D eigenvalue weighted by atomic mass is 10.1. The highest BCUT2D eigenvalue weighted by Gasteiger charge is 2.18. The Bertz CT molecular complexity index is 1120. The first-order chi connectivity index (χ1) is 12.9. The van der Waals surface area contributed by atoms with E-state index in [1.54, 1.807) is 19.1 Å². The Hall–Kier alpha value is -3.59. The van der Waals surface area contributed by atoms with Crippen LogP contribution in [0.4, 0.5) is 5.69 Å². The number of pyridine rings is 1. The third kappa shape index (κ3) is 3.53. The van der Waals surface area contributed by atoms with Gasteiger partial charge < -0.3 is 9.52 Å². The second kappa shape index (κ2) is 7.34. The predicted molar refractivity (Wildman–Crippen MR) is 103 cm³/mol. The number of hydrogen-bond acceptors (Lipinski definition) is 5. The van der Waals surface area contributed by atoms with Crippen LogP contribution in [-0.4, -0.2) is 15.9 Å². The van der Waals surface area contributed by atoms with Crippen molar-refractivity contribution in [2.75, 3.05) is 0 Å². The smallest absolute Gasteiger partial charge is 0.271 e. The van der Waals surface area contributed by atoms with E-state index in [4.69, 9.17) is 4.42 Å². The molecule has 0 saturated heterocycles. The summed E-state index contributed by atoms with van der Waals surface area (Å²) in [5.74, 6) is 0.248. The molecule has 3 aromatic rings. The van der Waals surface area contributed by atoms with Gasteiger partial charge in [-0.3, -0.25) is 14.4 Å². The van der Waals surface area contributed by atoms with Gasteiger partial charge in [0, 0.05) is 6.21 Å². The Balaban J connectivity index is 2.11. The van der Waals surface area contributed by atoms with E-state index in [2.05, 4.69) is 4.99 Å². The molecule has 2 aromatic heterocycles. The van der Waals surface area contributed by atoms with Gasteiger partial charge in [0.2, 0.25) is 5.88 Å². The van der Waals surface area contributed by atoms with Gasteiger partial charge in [0.1, 0.15) is 17.4 Å². The number of nitriles is 1. The quantitative estimate of drug-likeness (QED) is 0.717. The average molecular weight is 361 g/mol. The molecule has 6 nitrogen and oxygen atoms in total. The number of furan rings is 1. The first-order valence-corrected chi connectivity index (χ1v) is 8.42. The fourth-order valence-electron chi connectivity index (χ4n) is 2.78.